The van der Waals surface area contributed by atoms with Crippen molar-refractivity contribution in [2.75, 3.05) is 0 Å². The first kappa shape index (κ1) is 21.9. The van der Waals surface area contributed by atoms with Crippen molar-refractivity contribution in [1.29, 1.82) is 0 Å². The van der Waals surface area contributed by atoms with Crippen LogP contribution in [0.3, 0.4) is 0 Å². The second kappa shape index (κ2) is 9.50. The number of hydrogen-bond donors (Lipinski definition) is 2. The molecule has 0 radical (unpaired) electrons. The average Bonchev–Trinajstić information content (AvgIpc) is 2.81. The van der Waals surface area contributed by atoms with E-state index in [1.165, 1.54) is 32.1 Å². The van der Waals surface area contributed by atoms with Gasteiger partial charge in [-0.1, -0.05) is 60.7 Å². The molecule has 4 aliphatic carbocycles. The van der Waals surface area contributed by atoms with E-state index in [9.17, 15) is 9.59 Å². The molecule has 4 saturated carbocycles. The first-order chi connectivity index (χ1) is 16.1. The quantitative estimate of drug-likeness (QED) is 0.483. The van der Waals surface area contributed by atoms with Gasteiger partial charge in [0.2, 0.25) is 5.91 Å². The van der Waals surface area contributed by atoms with Gasteiger partial charge < -0.3 is 5.32 Å². The summed E-state index contributed by atoms with van der Waals surface area (Å²) in [5.41, 5.74) is 5.15. The maximum absolute atomic E-state index is 13.1. The monoisotopic (exact) mass is 443 g/mol. The summed E-state index contributed by atoms with van der Waals surface area (Å²) < 4.78 is 0. The molecule has 2 N–H and O–H groups in total. The Labute approximate surface area is 196 Å². The molecule has 0 heterocycles. The molecular formula is C28H33N3O2. The molecule has 5 heteroatoms. The van der Waals surface area contributed by atoms with Gasteiger partial charge >= 0.3 is 0 Å². The van der Waals surface area contributed by atoms with Crippen LogP contribution in [0.2, 0.25) is 0 Å². The number of hydrazone groups is 1. The summed E-state index contributed by atoms with van der Waals surface area (Å²) in [4.78, 5) is 25.9. The molecule has 33 heavy (non-hydrogen) atoms. The van der Waals surface area contributed by atoms with Crippen molar-refractivity contribution in [1.82, 2.24) is 10.7 Å². The molecule has 6 rings (SSSR count). The Bertz CT molecular complexity index is 950. The van der Waals surface area contributed by atoms with Crippen molar-refractivity contribution in [2.24, 2.45) is 28.8 Å². The normalized spacial score (nSPS) is 28.1. The van der Waals surface area contributed by atoms with E-state index in [0.717, 1.165) is 23.0 Å². The van der Waals surface area contributed by atoms with E-state index in [-0.39, 0.29) is 18.2 Å². The lowest BCUT2D eigenvalue weighted by molar-refractivity contribution is -0.124. The third-order valence-corrected chi connectivity index (χ3v) is 7.86. The van der Waals surface area contributed by atoms with E-state index in [1.807, 2.05) is 60.7 Å². The number of amides is 2. The van der Waals surface area contributed by atoms with Gasteiger partial charge in [0.25, 0.3) is 5.91 Å². The van der Waals surface area contributed by atoms with Crippen LogP contribution in [0.25, 0.3) is 0 Å². The molecule has 0 spiro atoms. The highest BCUT2D eigenvalue weighted by molar-refractivity contribution is 6.00. The zero-order valence-electron chi connectivity index (χ0n) is 19.2. The van der Waals surface area contributed by atoms with E-state index >= 15 is 0 Å². The average molecular weight is 444 g/mol. The van der Waals surface area contributed by atoms with Crippen LogP contribution in [0.5, 0.6) is 0 Å². The third-order valence-electron chi connectivity index (χ3n) is 7.86. The molecule has 0 aliphatic heterocycles. The van der Waals surface area contributed by atoms with E-state index in [4.69, 9.17) is 0 Å². The number of nitrogens with zero attached hydrogens (tertiary/aromatic N) is 1. The summed E-state index contributed by atoms with van der Waals surface area (Å²) in [6, 6.07) is 19.7. The number of carbonyl (C=O) groups is 2. The Hall–Kier alpha value is -2.95. The zero-order chi connectivity index (χ0) is 22.8. The Morgan fingerprint density at radius 2 is 1.36 bits per heavy atom. The van der Waals surface area contributed by atoms with Crippen LogP contribution < -0.4 is 10.7 Å². The highest BCUT2D eigenvalue weighted by Gasteiger charge is 2.48. The van der Waals surface area contributed by atoms with Crippen molar-refractivity contribution in [3.8, 4) is 0 Å². The van der Waals surface area contributed by atoms with Gasteiger partial charge in [0.05, 0.1) is 12.3 Å². The topological polar surface area (TPSA) is 70.6 Å². The molecule has 2 aromatic rings. The Balaban J connectivity index is 1.20. The molecule has 4 aliphatic rings. The van der Waals surface area contributed by atoms with Crippen LogP contribution in [-0.4, -0.2) is 23.6 Å². The zero-order valence-corrected chi connectivity index (χ0v) is 19.2. The fourth-order valence-electron chi connectivity index (χ4n) is 6.67. The minimum absolute atomic E-state index is 0.0191. The summed E-state index contributed by atoms with van der Waals surface area (Å²) in [5.74, 6) is 2.45. The molecule has 2 amide bonds. The lowest BCUT2D eigenvalue weighted by Gasteiger charge is -2.54. The molecule has 0 unspecified atom stereocenters. The van der Waals surface area contributed by atoms with Gasteiger partial charge in [-0.15, -0.1) is 0 Å². The molecule has 0 saturated heterocycles. The van der Waals surface area contributed by atoms with Crippen molar-refractivity contribution in [3.05, 3.63) is 71.8 Å². The first-order valence-electron chi connectivity index (χ1n) is 12.3. The second-order valence-electron chi connectivity index (χ2n) is 10.3. The van der Waals surface area contributed by atoms with E-state index in [1.54, 1.807) is 6.92 Å². The second-order valence-corrected chi connectivity index (χ2v) is 10.3. The Kier molecular flexibility index (Phi) is 6.30. The molecule has 0 atom stereocenters. The maximum Gasteiger partial charge on any atom is 0.252 e. The predicted molar refractivity (Wildman–Crippen MR) is 130 cm³/mol. The largest absolute Gasteiger partial charge is 0.352 e. The molecule has 172 valence electrons. The molecule has 2 aromatic carbocycles. The summed E-state index contributed by atoms with van der Waals surface area (Å²) in [6.45, 7) is 1.80. The lowest BCUT2D eigenvalue weighted by atomic mass is 9.54. The van der Waals surface area contributed by atoms with Crippen LogP contribution in [0, 0.1) is 23.7 Å². The lowest BCUT2D eigenvalue weighted by Crippen LogP contribution is -2.56. The molecule has 4 bridgehead atoms. The van der Waals surface area contributed by atoms with Crippen LogP contribution in [0.1, 0.15) is 62.5 Å². The smallest absolute Gasteiger partial charge is 0.252 e. The van der Waals surface area contributed by atoms with Crippen LogP contribution in [0.15, 0.2) is 65.8 Å². The number of carbonyl (C=O) groups excluding carboxylic acids is 2. The van der Waals surface area contributed by atoms with Gasteiger partial charge in [-0.05, 0) is 73.8 Å². The molecule has 0 aromatic heterocycles. The van der Waals surface area contributed by atoms with Crippen molar-refractivity contribution >= 4 is 17.5 Å². The molecule has 5 nitrogen and oxygen atoms in total. The highest BCUT2D eigenvalue weighted by Crippen LogP contribution is 2.53. The summed E-state index contributed by atoms with van der Waals surface area (Å²) in [5, 5.41) is 7.60. The fraction of sp³-hybridized carbons (Fsp3) is 0.464. The van der Waals surface area contributed by atoms with Crippen LogP contribution >= 0.6 is 0 Å². The minimum atomic E-state index is -0.453. The number of rotatable bonds is 7. The van der Waals surface area contributed by atoms with Gasteiger partial charge in [-0.25, -0.2) is 5.43 Å². The summed E-state index contributed by atoms with van der Waals surface area (Å²) >= 11 is 0. The van der Waals surface area contributed by atoms with E-state index < -0.39 is 5.92 Å². The maximum atomic E-state index is 13.1. The van der Waals surface area contributed by atoms with Crippen molar-refractivity contribution in [3.63, 3.8) is 0 Å². The van der Waals surface area contributed by atoms with Gasteiger partial charge in [-0.3, -0.25) is 9.59 Å². The SMILES string of the molecule is C/C(CC(=O)NC1C2CC3CC(C2)CC1C3)=N\NC(=O)C(c1ccccc1)c1ccccc1. The van der Waals surface area contributed by atoms with E-state index in [2.05, 4.69) is 15.8 Å². The molecule has 4 fully saturated rings. The van der Waals surface area contributed by atoms with Crippen molar-refractivity contribution < 1.29 is 9.59 Å². The standard InChI is InChI=1S/C28H33N3O2/c1-18(12-25(32)29-27-23-14-19-13-20(16-23)17-24(27)15-19)30-31-28(33)26(21-8-4-2-5-9-21)22-10-6-3-7-11-22/h2-11,19-20,23-24,26-27H,12-17H2,1H3,(H,29,32)(H,31,33)/b30-18+. The first-order valence-corrected chi connectivity index (χ1v) is 12.3. The van der Waals surface area contributed by atoms with Gasteiger partial charge in [0.1, 0.15) is 0 Å². The Morgan fingerprint density at radius 1 is 0.848 bits per heavy atom. The van der Waals surface area contributed by atoms with E-state index in [0.29, 0.717) is 23.6 Å². The Morgan fingerprint density at radius 3 is 1.88 bits per heavy atom. The number of hydrogen-bond acceptors (Lipinski definition) is 3. The minimum Gasteiger partial charge on any atom is -0.352 e. The molecular weight excluding hydrogens is 410 g/mol. The highest BCUT2D eigenvalue weighted by atomic mass is 16.2. The van der Waals surface area contributed by atoms with Gasteiger partial charge in [0, 0.05) is 11.8 Å². The summed E-state index contributed by atoms with van der Waals surface area (Å²) in [6.07, 6.45) is 6.74. The van der Waals surface area contributed by atoms with Crippen LogP contribution in [0.4, 0.5) is 0 Å². The number of nitrogens with one attached hydrogen (secondary N) is 2. The predicted octanol–water partition coefficient (Wildman–Crippen LogP) is 4.64. The van der Waals surface area contributed by atoms with Gasteiger partial charge in [0.15, 0.2) is 0 Å². The van der Waals surface area contributed by atoms with Crippen LogP contribution in [-0.2, 0) is 9.59 Å². The fourth-order valence-corrected chi connectivity index (χ4v) is 6.67. The van der Waals surface area contributed by atoms with Crippen molar-refractivity contribution in [2.45, 2.75) is 57.4 Å². The number of benzene rings is 2. The third kappa shape index (κ3) is 4.87. The summed E-state index contributed by atoms with van der Waals surface area (Å²) in [7, 11) is 0. The van der Waals surface area contributed by atoms with Gasteiger partial charge in [-0.2, -0.15) is 5.10 Å².